The second-order valence-corrected chi connectivity index (χ2v) is 9.15. The highest BCUT2D eigenvalue weighted by molar-refractivity contribution is 6.02. The molecular weight excluding hydrogens is 492 g/mol. The zero-order valence-corrected chi connectivity index (χ0v) is 22.2. The van der Waals surface area contributed by atoms with Gasteiger partial charge < -0.3 is 37.8 Å². The van der Waals surface area contributed by atoms with Crippen LogP contribution in [0.15, 0.2) is 29.3 Å². The monoisotopic (exact) mass is 532 g/mol. The predicted molar refractivity (Wildman–Crippen MR) is 144 cm³/mol. The van der Waals surface area contributed by atoms with Crippen LogP contribution in [0.2, 0.25) is 0 Å². The van der Waals surface area contributed by atoms with Crippen molar-refractivity contribution in [1.82, 2.24) is 15.5 Å². The van der Waals surface area contributed by atoms with Crippen molar-refractivity contribution >= 4 is 35.5 Å². The second-order valence-electron chi connectivity index (χ2n) is 9.15. The Balaban J connectivity index is 3.05. The topological polar surface area (TPSA) is 230 Å². The van der Waals surface area contributed by atoms with Crippen molar-refractivity contribution in [2.24, 2.45) is 28.1 Å². The molecule has 0 heterocycles. The lowest BCUT2D eigenvalue weighted by atomic mass is 9.95. The van der Waals surface area contributed by atoms with Gasteiger partial charge >= 0.3 is 5.97 Å². The summed E-state index contributed by atoms with van der Waals surface area (Å²) < 4.78 is 0. The average Bonchev–Trinajstić information content (AvgIpc) is 2.85. The molecule has 0 bridgehead atoms. The van der Waals surface area contributed by atoms with E-state index >= 15 is 0 Å². The number of guanidine groups is 1. The fraction of sp³-hybridized carbons (Fsp3) is 0.520. The molecule has 0 aromatic heterocycles. The van der Waals surface area contributed by atoms with Crippen LogP contribution in [0, 0.1) is 11.3 Å². The number of nitrogen functional groups attached to an aromatic ring is 1. The first-order valence-corrected chi connectivity index (χ1v) is 12.4. The molecule has 3 atom stereocenters. The minimum atomic E-state index is -1.22. The van der Waals surface area contributed by atoms with Gasteiger partial charge in [-0.15, -0.1) is 0 Å². The number of nitrogens with zero attached hydrogens (tertiary/aromatic N) is 2. The van der Waals surface area contributed by atoms with Crippen LogP contribution in [0.25, 0.3) is 0 Å². The van der Waals surface area contributed by atoms with E-state index in [9.17, 15) is 24.3 Å². The smallest absolute Gasteiger partial charge is 0.326 e. The molecule has 0 fully saturated rings. The van der Waals surface area contributed by atoms with E-state index < -0.39 is 41.7 Å². The highest BCUT2D eigenvalue weighted by atomic mass is 16.4. The number of benzene rings is 1. The Morgan fingerprint density at radius 2 is 1.55 bits per heavy atom. The Labute approximate surface area is 222 Å². The normalized spacial score (nSPS) is 12.9. The Morgan fingerprint density at radius 1 is 0.974 bits per heavy atom. The Hall–Kier alpha value is -4.16. The number of aliphatic carboxylic acids is 1. The molecule has 1 rings (SSSR count). The molecule has 38 heavy (non-hydrogen) atoms. The lowest BCUT2D eigenvalue weighted by Gasteiger charge is -2.25. The van der Waals surface area contributed by atoms with Crippen LogP contribution in [0.3, 0.4) is 0 Å². The van der Waals surface area contributed by atoms with Crippen molar-refractivity contribution in [2.45, 2.75) is 57.5 Å². The number of hydrogen-bond donors (Lipinski definition) is 7. The van der Waals surface area contributed by atoms with Gasteiger partial charge in [-0.25, -0.2) is 4.79 Å². The minimum Gasteiger partial charge on any atom is -0.480 e. The molecule has 13 nitrogen and oxygen atoms in total. The van der Waals surface area contributed by atoms with E-state index in [0.29, 0.717) is 24.0 Å². The van der Waals surface area contributed by atoms with E-state index in [2.05, 4.69) is 15.6 Å². The maximum Gasteiger partial charge on any atom is 0.326 e. The number of aliphatic imine (C=N–C) groups is 1. The summed E-state index contributed by atoms with van der Waals surface area (Å²) in [4.78, 5) is 56.0. The first-order chi connectivity index (χ1) is 17.9. The van der Waals surface area contributed by atoms with Crippen LogP contribution in [0.5, 0.6) is 0 Å². The van der Waals surface area contributed by atoms with Gasteiger partial charge in [0.2, 0.25) is 17.7 Å². The molecule has 13 heteroatoms. The Kier molecular flexibility index (Phi) is 13.3. The van der Waals surface area contributed by atoms with Crippen LogP contribution < -0.4 is 27.8 Å². The van der Waals surface area contributed by atoms with Crippen LogP contribution in [-0.4, -0.2) is 78.2 Å². The lowest BCUT2D eigenvalue weighted by Crippen LogP contribution is -2.54. The maximum absolute atomic E-state index is 13.3. The number of unbranched alkanes of at least 4 members (excludes halogenated alkanes) is 1. The summed E-state index contributed by atoms with van der Waals surface area (Å²) in [6.07, 6.45) is 2.08. The van der Waals surface area contributed by atoms with Gasteiger partial charge in [0, 0.05) is 26.2 Å². The van der Waals surface area contributed by atoms with Gasteiger partial charge in [0.1, 0.15) is 23.8 Å². The molecule has 0 aliphatic heterocycles. The number of amidine groups is 1. The number of rotatable bonds is 16. The van der Waals surface area contributed by atoms with Gasteiger partial charge in [0.15, 0.2) is 5.96 Å². The highest BCUT2D eigenvalue weighted by Crippen LogP contribution is 2.14. The molecule has 0 spiro atoms. The summed E-state index contributed by atoms with van der Waals surface area (Å²) in [5.41, 5.74) is 17.2. The number of amides is 3. The number of nitrogens with one attached hydrogen (secondary N) is 3. The molecule has 210 valence electrons. The van der Waals surface area contributed by atoms with Gasteiger partial charge in [-0.1, -0.05) is 44.0 Å². The van der Waals surface area contributed by atoms with E-state index in [4.69, 9.17) is 22.6 Å². The van der Waals surface area contributed by atoms with E-state index in [1.807, 2.05) is 6.92 Å². The van der Waals surface area contributed by atoms with Crippen molar-refractivity contribution in [3.63, 3.8) is 0 Å². The summed E-state index contributed by atoms with van der Waals surface area (Å²) in [5, 5.41) is 22.2. The predicted octanol–water partition coefficient (Wildman–Crippen LogP) is -0.484. The standard InChI is InChI=1S/C25H40N8O5/c1-4-5-7-18(22(35)32-19(24(37)38)8-6-13-30-25(28)29)31-21(34)17(23(36)33(2)3)14-15-9-11-16(12-10-15)20(26)27/h9-12,17-19H,4-8,13-14H2,1-3H3,(H3,26,27)(H,31,34)(H,32,35)(H,37,38)(H4,28,29,30)/t17-,18+,19?/m1/s1. The molecule has 1 unspecified atom stereocenters. The molecular formula is C25H40N8O5. The van der Waals surface area contributed by atoms with E-state index in [1.165, 1.54) is 19.0 Å². The van der Waals surface area contributed by atoms with Crippen molar-refractivity contribution in [3.8, 4) is 0 Å². The molecule has 1 aromatic rings. The first kappa shape index (κ1) is 31.9. The minimum absolute atomic E-state index is 0.0612. The molecule has 1 aromatic carbocycles. The number of nitrogens with two attached hydrogens (primary N) is 3. The summed E-state index contributed by atoms with van der Waals surface area (Å²) in [6.45, 7) is 2.13. The van der Waals surface area contributed by atoms with Crippen molar-refractivity contribution in [3.05, 3.63) is 35.4 Å². The third-order valence-electron chi connectivity index (χ3n) is 5.80. The lowest BCUT2D eigenvalue weighted by molar-refractivity contribution is -0.143. The molecule has 0 aliphatic carbocycles. The van der Waals surface area contributed by atoms with Crippen LogP contribution in [-0.2, 0) is 25.6 Å². The SMILES string of the molecule is CCCC[C@H](NC(=O)[C@@H](Cc1ccc(C(=N)N)cc1)C(=O)N(C)C)C(=O)NC(CCCN=C(N)N)C(=O)O. The van der Waals surface area contributed by atoms with Gasteiger partial charge in [-0.2, -0.15) is 0 Å². The molecule has 0 saturated heterocycles. The molecule has 3 amide bonds. The van der Waals surface area contributed by atoms with Gasteiger partial charge in [0.05, 0.1) is 0 Å². The number of carboxylic acid groups (broad SMARTS) is 1. The third kappa shape index (κ3) is 10.8. The zero-order valence-electron chi connectivity index (χ0n) is 22.2. The number of carbonyl (C=O) groups is 4. The summed E-state index contributed by atoms with van der Waals surface area (Å²) >= 11 is 0. The first-order valence-electron chi connectivity index (χ1n) is 12.4. The quantitative estimate of drug-likeness (QED) is 0.0634. The average molecular weight is 533 g/mol. The van der Waals surface area contributed by atoms with Crippen molar-refractivity contribution < 1.29 is 24.3 Å². The Bertz CT molecular complexity index is 1010. The number of carboxylic acids is 1. The number of hydrogen-bond acceptors (Lipinski definition) is 6. The van der Waals surface area contributed by atoms with Crippen LogP contribution in [0.1, 0.15) is 50.2 Å². The number of carbonyl (C=O) groups excluding carboxylic acids is 3. The summed E-state index contributed by atoms with van der Waals surface area (Å²) in [5.74, 6) is -4.30. The maximum atomic E-state index is 13.3. The molecule has 0 saturated carbocycles. The van der Waals surface area contributed by atoms with Gasteiger partial charge in [-0.05, 0) is 31.2 Å². The fourth-order valence-corrected chi connectivity index (χ4v) is 3.64. The van der Waals surface area contributed by atoms with E-state index in [-0.39, 0.29) is 37.6 Å². The molecule has 0 aliphatic rings. The van der Waals surface area contributed by atoms with Crippen LogP contribution >= 0.6 is 0 Å². The van der Waals surface area contributed by atoms with Crippen molar-refractivity contribution in [2.75, 3.05) is 20.6 Å². The van der Waals surface area contributed by atoms with Crippen molar-refractivity contribution in [1.29, 1.82) is 5.41 Å². The molecule has 0 radical (unpaired) electrons. The van der Waals surface area contributed by atoms with Gasteiger partial charge in [0.25, 0.3) is 0 Å². The third-order valence-corrected chi connectivity index (χ3v) is 5.80. The summed E-state index contributed by atoms with van der Waals surface area (Å²) in [6, 6.07) is 4.39. The molecule has 10 N–H and O–H groups in total. The summed E-state index contributed by atoms with van der Waals surface area (Å²) in [7, 11) is 3.06. The van der Waals surface area contributed by atoms with E-state index in [1.54, 1.807) is 24.3 Å². The van der Waals surface area contributed by atoms with E-state index in [0.717, 1.165) is 6.42 Å². The Morgan fingerprint density at radius 3 is 2.05 bits per heavy atom. The van der Waals surface area contributed by atoms with Crippen LogP contribution in [0.4, 0.5) is 0 Å². The van der Waals surface area contributed by atoms with Gasteiger partial charge in [-0.3, -0.25) is 24.8 Å². The second kappa shape index (κ2) is 15.8. The largest absolute Gasteiger partial charge is 0.480 e. The zero-order chi connectivity index (χ0) is 28.8. The fourth-order valence-electron chi connectivity index (χ4n) is 3.64. The highest BCUT2D eigenvalue weighted by Gasteiger charge is 2.32.